The van der Waals surface area contributed by atoms with Crippen LogP contribution in [0.15, 0.2) is 18.2 Å². The van der Waals surface area contributed by atoms with Crippen LogP contribution in [0.5, 0.6) is 0 Å². The Hall–Kier alpha value is -2.57. The van der Waals surface area contributed by atoms with E-state index in [4.69, 9.17) is 10.2 Å². The Kier molecular flexibility index (Phi) is 4.42. The monoisotopic (exact) mass is 292 g/mol. The highest BCUT2D eigenvalue weighted by molar-refractivity contribution is 6.00. The molecule has 1 amide bonds. The van der Waals surface area contributed by atoms with Gasteiger partial charge in [0.25, 0.3) is 5.91 Å². The molecule has 1 heterocycles. The summed E-state index contributed by atoms with van der Waals surface area (Å²) in [5.74, 6) is -3.06. The van der Waals surface area contributed by atoms with Gasteiger partial charge >= 0.3 is 11.9 Å². The van der Waals surface area contributed by atoms with E-state index in [2.05, 4.69) is 5.32 Å². The number of carboxylic acids is 2. The van der Waals surface area contributed by atoms with Gasteiger partial charge < -0.3 is 20.4 Å². The molecule has 0 aromatic heterocycles. The predicted octanol–water partition coefficient (Wildman–Crippen LogP) is 0.656. The number of benzene rings is 1. The van der Waals surface area contributed by atoms with Gasteiger partial charge in [-0.05, 0) is 30.5 Å². The molecule has 0 aliphatic carbocycles. The summed E-state index contributed by atoms with van der Waals surface area (Å²) in [4.78, 5) is 34.9. The molecule has 1 aliphatic heterocycles. The van der Waals surface area contributed by atoms with Crippen LogP contribution in [0.25, 0.3) is 0 Å². The number of hydrogen-bond acceptors (Lipinski definition) is 4. The maximum absolute atomic E-state index is 12.5. The van der Waals surface area contributed by atoms with Crippen molar-refractivity contribution in [1.29, 1.82) is 0 Å². The van der Waals surface area contributed by atoms with Crippen molar-refractivity contribution < 1.29 is 24.6 Å². The number of hydrogen-bond donors (Lipinski definition) is 3. The van der Waals surface area contributed by atoms with E-state index in [0.717, 1.165) is 29.1 Å². The van der Waals surface area contributed by atoms with E-state index < -0.39 is 30.9 Å². The van der Waals surface area contributed by atoms with Crippen LogP contribution in [0.3, 0.4) is 0 Å². The van der Waals surface area contributed by atoms with E-state index in [1.807, 2.05) is 6.07 Å². The minimum atomic E-state index is -1.24. The second-order valence-corrected chi connectivity index (χ2v) is 4.81. The third kappa shape index (κ3) is 3.50. The lowest BCUT2D eigenvalue weighted by molar-refractivity contribution is -0.140. The van der Waals surface area contributed by atoms with Crippen LogP contribution in [0.4, 0.5) is 5.69 Å². The molecule has 1 aliphatic rings. The van der Waals surface area contributed by atoms with Crippen LogP contribution < -0.4 is 5.32 Å². The maximum Gasteiger partial charge on any atom is 0.323 e. The van der Waals surface area contributed by atoms with Crippen LogP contribution in [0.2, 0.25) is 0 Å². The highest BCUT2D eigenvalue weighted by Crippen LogP contribution is 2.26. The number of nitrogens with zero attached hydrogens (tertiary/aromatic N) is 1. The Bertz CT molecular complexity index is 569. The van der Waals surface area contributed by atoms with Crippen molar-refractivity contribution in [3.8, 4) is 0 Å². The molecule has 0 atom stereocenters. The van der Waals surface area contributed by atoms with Crippen molar-refractivity contribution in [2.75, 3.05) is 25.0 Å². The van der Waals surface area contributed by atoms with Gasteiger partial charge in [0.15, 0.2) is 0 Å². The van der Waals surface area contributed by atoms with Gasteiger partial charge in [0.05, 0.1) is 0 Å². The van der Waals surface area contributed by atoms with Crippen molar-refractivity contribution in [2.24, 2.45) is 0 Å². The zero-order valence-corrected chi connectivity index (χ0v) is 11.3. The molecule has 0 spiro atoms. The molecule has 0 saturated heterocycles. The first kappa shape index (κ1) is 14.8. The number of fused-ring (bicyclic) bond motifs is 1. The number of amides is 1. The zero-order chi connectivity index (χ0) is 15.4. The molecule has 0 fully saturated rings. The van der Waals surface area contributed by atoms with Gasteiger partial charge in [-0.25, -0.2) is 0 Å². The summed E-state index contributed by atoms with van der Waals surface area (Å²) in [6.45, 7) is -0.455. The Morgan fingerprint density at radius 2 is 1.81 bits per heavy atom. The van der Waals surface area contributed by atoms with Gasteiger partial charge in [0, 0.05) is 17.8 Å². The SMILES string of the molecule is O=C(O)CN(CC(=O)O)C(=O)c1cccc2c1CCCN2. The molecular formula is C14H16N2O5. The summed E-state index contributed by atoms with van der Waals surface area (Å²) in [6, 6.07) is 5.15. The van der Waals surface area contributed by atoms with E-state index in [-0.39, 0.29) is 0 Å². The lowest BCUT2D eigenvalue weighted by Gasteiger charge is -2.24. The van der Waals surface area contributed by atoms with Crippen molar-refractivity contribution >= 4 is 23.5 Å². The molecule has 3 N–H and O–H groups in total. The standard InChI is InChI=1S/C14H16N2O5/c17-12(18)7-16(8-13(19)20)14(21)10-3-1-5-11-9(10)4-2-6-15-11/h1,3,5,15H,2,4,6-8H2,(H,17,18)(H,19,20). The smallest absolute Gasteiger partial charge is 0.323 e. The largest absolute Gasteiger partial charge is 0.480 e. The lowest BCUT2D eigenvalue weighted by Crippen LogP contribution is -2.40. The summed E-state index contributed by atoms with van der Waals surface area (Å²) in [5.41, 5.74) is 2.02. The fourth-order valence-corrected chi connectivity index (χ4v) is 2.41. The van der Waals surface area contributed by atoms with Crippen LogP contribution in [-0.4, -0.2) is 52.6 Å². The molecule has 0 saturated carbocycles. The van der Waals surface area contributed by atoms with Crippen LogP contribution >= 0.6 is 0 Å². The highest BCUT2D eigenvalue weighted by Gasteiger charge is 2.25. The molecule has 7 heteroatoms. The minimum Gasteiger partial charge on any atom is -0.480 e. The number of anilines is 1. The van der Waals surface area contributed by atoms with E-state index >= 15 is 0 Å². The summed E-state index contributed by atoms with van der Waals surface area (Å²) in [6.07, 6.45) is 1.58. The molecule has 0 bridgehead atoms. The number of carboxylic acid groups (broad SMARTS) is 2. The third-order valence-electron chi connectivity index (χ3n) is 3.26. The van der Waals surface area contributed by atoms with E-state index in [9.17, 15) is 14.4 Å². The predicted molar refractivity (Wildman–Crippen MR) is 74.4 cm³/mol. The van der Waals surface area contributed by atoms with E-state index in [0.29, 0.717) is 12.0 Å². The average Bonchev–Trinajstić information content (AvgIpc) is 2.44. The van der Waals surface area contributed by atoms with Gasteiger partial charge in [-0.3, -0.25) is 14.4 Å². The van der Waals surface area contributed by atoms with Crippen LogP contribution in [-0.2, 0) is 16.0 Å². The second-order valence-electron chi connectivity index (χ2n) is 4.81. The molecule has 1 aromatic carbocycles. The van der Waals surface area contributed by atoms with Crippen molar-refractivity contribution in [3.05, 3.63) is 29.3 Å². The third-order valence-corrected chi connectivity index (χ3v) is 3.26. The van der Waals surface area contributed by atoms with E-state index in [1.54, 1.807) is 12.1 Å². The summed E-state index contributed by atoms with van der Waals surface area (Å²) >= 11 is 0. The number of carbonyl (C=O) groups is 3. The zero-order valence-electron chi connectivity index (χ0n) is 11.3. The number of carbonyl (C=O) groups excluding carboxylic acids is 1. The van der Waals surface area contributed by atoms with Gasteiger partial charge in [-0.1, -0.05) is 6.07 Å². The topological polar surface area (TPSA) is 107 Å². The molecule has 1 aromatic rings. The number of rotatable bonds is 5. The minimum absolute atomic E-state index is 0.363. The van der Waals surface area contributed by atoms with Gasteiger partial charge in [0.1, 0.15) is 13.1 Å². The van der Waals surface area contributed by atoms with Crippen molar-refractivity contribution in [2.45, 2.75) is 12.8 Å². The molecule has 112 valence electrons. The first-order valence-corrected chi connectivity index (χ1v) is 6.57. The Morgan fingerprint density at radius 3 is 2.43 bits per heavy atom. The van der Waals surface area contributed by atoms with Gasteiger partial charge in [-0.15, -0.1) is 0 Å². The average molecular weight is 292 g/mol. The molecule has 2 rings (SSSR count). The fraction of sp³-hybridized carbons (Fsp3) is 0.357. The number of nitrogens with one attached hydrogen (secondary N) is 1. The van der Waals surface area contributed by atoms with Crippen molar-refractivity contribution in [3.63, 3.8) is 0 Å². The Balaban J connectivity index is 2.32. The fourth-order valence-electron chi connectivity index (χ4n) is 2.41. The summed E-state index contributed by atoms with van der Waals surface area (Å²) in [5, 5.41) is 20.8. The summed E-state index contributed by atoms with van der Waals surface area (Å²) in [7, 11) is 0. The Labute approximate surface area is 121 Å². The van der Waals surface area contributed by atoms with Crippen LogP contribution in [0.1, 0.15) is 22.3 Å². The lowest BCUT2D eigenvalue weighted by atomic mass is 9.97. The first-order valence-electron chi connectivity index (χ1n) is 6.57. The quantitative estimate of drug-likeness (QED) is 0.736. The van der Waals surface area contributed by atoms with E-state index in [1.165, 1.54) is 0 Å². The van der Waals surface area contributed by atoms with Gasteiger partial charge in [-0.2, -0.15) is 0 Å². The molecular weight excluding hydrogens is 276 g/mol. The molecule has 0 unspecified atom stereocenters. The van der Waals surface area contributed by atoms with Crippen LogP contribution in [0, 0.1) is 0 Å². The second kappa shape index (κ2) is 6.25. The van der Waals surface area contributed by atoms with Gasteiger partial charge in [0.2, 0.25) is 0 Å². The maximum atomic E-state index is 12.5. The molecule has 7 nitrogen and oxygen atoms in total. The molecule has 21 heavy (non-hydrogen) atoms. The highest BCUT2D eigenvalue weighted by atomic mass is 16.4. The normalized spacial score (nSPS) is 13.0. The number of aliphatic carboxylic acids is 2. The Morgan fingerprint density at radius 1 is 1.14 bits per heavy atom. The first-order chi connectivity index (χ1) is 9.99. The summed E-state index contributed by atoms with van der Waals surface area (Å²) < 4.78 is 0. The molecule has 0 radical (unpaired) electrons. The van der Waals surface area contributed by atoms with Crippen molar-refractivity contribution in [1.82, 2.24) is 4.90 Å².